The summed E-state index contributed by atoms with van der Waals surface area (Å²) < 4.78 is 52.6. The molecule has 4 saturated carbocycles. The highest BCUT2D eigenvalue weighted by Crippen LogP contribution is 2.57. The van der Waals surface area contributed by atoms with Gasteiger partial charge in [0.1, 0.15) is 11.9 Å². The number of ether oxygens (including phenoxy) is 3. The molecule has 1 aromatic rings. The summed E-state index contributed by atoms with van der Waals surface area (Å²) in [5, 5.41) is 14.0. The summed E-state index contributed by atoms with van der Waals surface area (Å²) in [6.07, 6.45) is -5.55. The van der Waals surface area contributed by atoms with Gasteiger partial charge in [-0.05, 0) is 56.2 Å². The van der Waals surface area contributed by atoms with Crippen LogP contribution in [0.1, 0.15) is 50.2 Å². The molecule has 1 saturated heterocycles. The van der Waals surface area contributed by atoms with E-state index >= 15 is 0 Å². The van der Waals surface area contributed by atoms with Gasteiger partial charge in [-0.1, -0.05) is 11.6 Å². The van der Waals surface area contributed by atoms with Crippen molar-refractivity contribution in [2.75, 3.05) is 6.54 Å². The largest absolute Gasteiger partial charge is 0.522 e. The van der Waals surface area contributed by atoms with Crippen LogP contribution in [-0.4, -0.2) is 64.8 Å². The van der Waals surface area contributed by atoms with E-state index in [4.69, 9.17) is 21.1 Å². The van der Waals surface area contributed by atoms with Crippen LogP contribution in [0.4, 0.5) is 18.0 Å². The predicted molar refractivity (Wildman–Crippen MR) is 118 cm³/mol. The summed E-state index contributed by atoms with van der Waals surface area (Å²) in [5.74, 6) is 0.182. The number of alkyl halides is 3. The quantitative estimate of drug-likeness (QED) is 0.602. The van der Waals surface area contributed by atoms with Gasteiger partial charge in [-0.3, -0.25) is 14.4 Å². The molecule has 6 aliphatic rings. The maximum absolute atomic E-state index is 13.0. The van der Waals surface area contributed by atoms with Crippen molar-refractivity contribution < 1.29 is 42.1 Å². The molecule has 2 heterocycles. The molecule has 1 aromatic carbocycles. The Morgan fingerprint density at radius 1 is 1.17 bits per heavy atom. The van der Waals surface area contributed by atoms with E-state index < -0.39 is 42.4 Å². The van der Waals surface area contributed by atoms with E-state index in [9.17, 15) is 27.9 Å². The number of aliphatic hydroxyl groups is 1. The van der Waals surface area contributed by atoms with Crippen LogP contribution in [0.3, 0.4) is 0 Å². The molecule has 12 heteroatoms. The van der Waals surface area contributed by atoms with Gasteiger partial charge < -0.3 is 19.9 Å². The summed E-state index contributed by atoms with van der Waals surface area (Å²) in [6.45, 7) is 0.340. The average molecular weight is 531 g/mol. The van der Waals surface area contributed by atoms with Crippen molar-refractivity contribution in [3.05, 3.63) is 28.8 Å². The Bertz CT molecular complexity index is 1070. The zero-order valence-corrected chi connectivity index (χ0v) is 19.9. The Morgan fingerprint density at radius 3 is 2.64 bits per heavy atom. The molecule has 8 nitrogen and oxygen atoms in total. The van der Waals surface area contributed by atoms with E-state index in [2.05, 4.69) is 10.1 Å². The first-order valence-electron chi connectivity index (χ1n) is 12.2. The highest BCUT2D eigenvalue weighted by molar-refractivity contribution is 6.30. The number of cyclic esters (lactones) is 1. The van der Waals surface area contributed by atoms with Crippen LogP contribution in [0.5, 0.6) is 5.75 Å². The number of nitrogens with zero attached hydrogens (tertiary/aromatic N) is 1. The minimum Gasteiger partial charge on any atom is -0.480 e. The van der Waals surface area contributed by atoms with Gasteiger partial charge in [-0.15, -0.1) is 13.2 Å². The molecule has 4 aliphatic carbocycles. The molecule has 2 unspecified atom stereocenters. The normalized spacial score (nSPS) is 39.0. The van der Waals surface area contributed by atoms with Crippen molar-refractivity contribution in [1.82, 2.24) is 10.2 Å². The first kappa shape index (κ1) is 24.1. The molecule has 2 N–H and O–H groups in total. The van der Waals surface area contributed by atoms with Crippen molar-refractivity contribution >= 4 is 23.6 Å². The molecular formula is C24H26ClF3N2O6. The Hall–Kier alpha value is -2.24. The third kappa shape index (κ3) is 4.18. The lowest BCUT2D eigenvalue weighted by Gasteiger charge is -2.44. The summed E-state index contributed by atoms with van der Waals surface area (Å²) in [4.78, 5) is 27.3. The molecule has 0 spiro atoms. The van der Waals surface area contributed by atoms with E-state index in [1.165, 1.54) is 0 Å². The number of hydrogen-bond acceptors (Lipinski definition) is 6. The van der Waals surface area contributed by atoms with Gasteiger partial charge in [-0.2, -0.15) is 0 Å². The smallest absolute Gasteiger partial charge is 0.480 e. The molecule has 196 valence electrons. The molecule has 2 amide bonds. The van der Waals surface area contributed by atoms with E-state index in [0.717, 1.165) is 12.8 Å². The van der Waals surface area contributed by atoms with E-state index in [0.29, 0.717) is 29.3 Å². The molecule has 0 radical (unpaired) electrons. The number of fused-ring (bicyclic) bond motifs is 2. The van der Waals surface area contributed by atoms with E-state index in [1.54, 1.807) is 23.1 Å². The minimum atomic E-state index is -4.66. The number of nitrogens with one attached hydrogen (secondary N) is 1. The van der Waals surface area contributed by atoms with Gasteiger partial charge in [0.2, 0.25) is 0 Å². The maximum atomic E-state index is 13.0. The van der Waals surface area contributed by atoms with Crippen LogP contribution in [0.25, 0.3) is 0 Å². The lowest BCUT2D eigenvalue weighted by Crippen LogP contribution is -2.53. The molecule has 2 bridgehead atoms. The maximum Gasteiger partial charge on any atom is 0.522 e. The SMILES string of the molecule is O=C(NC1CC2(N3CC(C4CC(OC(F)(F)F)C4)OC3=O)CC1C2)[C@H]1C[C@@H](O)c2cc(Cl)ccc2O1. The van der Waals surface area contributed by atoms with Gasteiger partial charge in [0.15, 0.2) is 6.10 Å². The Morgan fingerprint density at radius 2 is 1.92 bits per heavy atom. The molecular weight excluding hydrogens is 505 g/mol. The van der Waals surface area contributed by atoms with E-state index in [-0.39, 0.29) is 43.0 Å². The standard InChI is InChI=1S/C24H26ClF3N2O6/c25-13-1-2-18-15(5-13)17(31)6-19(34-18)21(32)29-16-9-23(7-12(16)8-23)30-10-20(35-22(30)33)11-3-14(4-11)36-24(26,27)28/h1-2,5,11-12,14,16-17,19-20,31H,3-4,6-10H2,(H,29,32)/t11?,12?,14?,16?,17-,19-,20?,23?/m1/s1. The summed E-state index contributed by atoms with van der Waals surface area (Å²) >= 11 is 5.99. The molecule has 5 fully saturated rings. The average Bonchev–Trinajstić information content (AvgIpc) is 3.40. The van der Waals surface area contributed by atoms with Crippen LogP contribution in [0.2, 0.25) is 5.02 Å². The number of aliphatic hydroxyl groups excluding tert-OH is 1. The van der Waals surface area contributed by atoms with Crippen molar-refractivity contribution in [3.8, 4) is 5.75 Å². The number of hydrogen-bond donors (Lipinski definition) is 2. The van der Waals surface area contributed by atoms with Gasteiger partial charge in [0.25, 0.3) is 5.91 Å². The number of benzene rings is 1. The van der Waals surface area contributed by atoms with Gasteiger partial charge in [0.05, 0.1) is 18.8 Å². The Kier molecular flexibility index (Phi) is 5.62. The second-order valence-corrected chi connectivity index (χ2v) is 11.1. The number of carbonyl (C=O) groups excluding carboxylic acids is 2. The fourth-order valence-corrected chi connectivity index (χ4v) is 6.79. The van der Waals surface area contributed by atoms with Crippen molar-refractivity contribution in [1.29, 1.82) is 0 Å². The minimum absolute atomic E-state index is 0.113. The number of rotatable bonds is 5. The highest BCUT2D eigenvalue weighted by atomic mass is 35.5. The lowest BCUT2D eigenvalue weighted by molar-refractivity contribution is -0.355. The Labute approximate surface area is 210 Å². The lowest BCUT2D eigenvalue weighted by atomic mass is 9.74. The molecule has 36 heavy (non-hydrogen) atoms. The number of carbonyl (C=O) groups is 2. The molecule has 4 atom stereocenters. The topological polar surface area (TPSA) is 97.3 Å². The van der Waals surface area contributed by atoms with Crippen LogP contribution in [-0.2, 0) is 14.3 Å². The van der Waals surface area contributed by atoms with Crippen molar-refractivity contribution in [2.45, 2.75) is 80.9 Å². The summed E-state index contributed by atoms with van der Waals surface area (Å²) in [7, 11) is 0. The third-order valence-corrected chi connectivity index (χ3v) is 8.71. The first-order chi connectivity index (χ1) is 17.0. The molecule has 2 aliphatic heterocycles. The predicted octanol–water partition coefficient (Wildman–Crippen LogP) is 3.70. The number of amides is 2. The zero-order chi connectivity index (χ0) is 25.4. The number of halogens is 4. The van der Waals surface area contributed by atoms with Crippen molar-refractivity contribution in [2.24, 2.45) is 11.8 Å². The summed E-state index contributed by atoms with van der Waals surface area (Å²) in [6, 6.07) is 4.76. The van der Waals surface area contributed by atoms with Gasteiger partial charge >= 0.3 is 12.5 Å². The van der Waals surface area contributed by atoms with Gasteiger partial charge in [-0.25, -0.2) is 4.79 Å². The second-order valence-electron chi connectivity index (χ2n) is 10.7. The van der Waals surface area contributed by atoms with Crippen LogP contribution in [0.15, 0.2) is 18.2 Å². The Balaban J connectivity index is 1.03. The highest BCUT2D eigenvalue weighted by Gasteiger charge is 2.63. The van der Waals surface area contributed by atoms with Crippen LogP contribution >= 0.6 is 11.6 Å². The fraction of sp³-hybridized carbons (Fsp3) is 0.667. The monoisotopic (exact) mass is 530 g/mol. The van der Waals surface area contributed by atoms with Crippen LogP contribution in [0, 0.1) is 11.8 Å². The van der Waals surface area contributed by atoms with E-state index in [1.807, 2.05) is 0 Å². The zero-order valence-electron chi connectivity index (χ0n) is 19.2. The third-order valence-electron chi connectivity index (χ3n) is 8.48. The first-order valence-corrected chi connectivity index (χ1v) is 12.5. The van der Waals surface area contributed by atoms with Crippen LogP contribution < -0.4 is 10.1 Å². The van der Waals surface area contributed by atoms with Gasteiger partial charge in [0, 0.05) is 34.5 Å². The second kappa shape index (κ2) is 8.39. The molecule has 7 rings (SSSR count). The summed E-state index contributed by atoms with van der Waals surface area (Å²) in [5.41, 5.74) is 0.148. The fourth-order valence-electron chi connectivity index (χ4n) is 6.61. The van der Waals surface area contributed by atoms with Crippen molar-refractivity contribution in [3.63, 3.8) is 0 Å². The molecule has 0 aromatic heterocycles.